The molecule has 114 valence electrons. The van der Waals surface area contributed by atoms with Crippen molar-refractivity contribution in [3.8, 4) is 0 Å². The molecule has 1 amide bonds. The van der Waals surface area contributed by atoms with E-state index in [0.717, 1.165) is 17.0 Å². The second kappa shape index (κ2) is 6.54. The van der Waals surface area contributed by atoms with Gasteiger partial charge in [-0.15, -0.1) is 0 Å². The van der Waals surface area contributed by atoms with E-state index in [1.807, 2.05) is 30.3 Å². The van der Waals surface area contributed by atoms with E-state index in [9.17, 15) is 9.18 Å². The van der Waals surface area contributed by atoms with Crippen molar-refractivity contribution in [2.24, 2.45) is 5.10 Å². The number of nitrogens with zero attached hydrogens (tertiary/aromatic N) is 2. The number of hydrogen-bond acceptors (Lipinski definition) is 3. The van der Waals surface area contributed by atoms with Crippen LogP contribution in [0.4, 0.5) is 4.39 Å². The van der Waals surface area contributed by atoms with Crippen molar-refractivity contribution in [2.75, 3.05) is 0 Å². The van der Waals surface area contributed by atoms with Crippen molar-refractivity contribution in [2.45, 2.75) is 0 Å². The lowest BCUT2D eigenvalue weighted by molar-refractivity contribution is 0.0954. The molecule has 2 aromatic carbocycles. The van der Waals surface area contributed by atoms with Crippen LogP contribution in [0.5, 0.6) is 0 Å². The maximum atomic E-state index is 13.1. The highest BCUT2D eigenvalue weighted by atomic mass is 35.5. The van der Waals surface area contributed by atoms with E-state index < -0.39 is 11.7 Å². The van der Waals surface area contributed by atoms with Crippen molar-refractivity contribution in [1.29, 1.82) is 0 Å². The van der Waals surface area contributed by atoms with Crippen LogP contribution in [0.3, 0.4) is 0 Å². The summed E-state index contributed by atoms with van der Waals surface area (Å²) in [5.74, 6) is -0.992. The first-order valence-corrected chi connectivity index (χ1v) is 7.15. The average Bonchev–Trinajstić information content (AvgIpc) is 2.55. The Bertz CT molecular complexity index is 911. The average molecular weight is 328 g/mol. The SMILES string of the molecule is O=C(N/N=C/c1cc2ccccc2nc1Cl)c1cccc(F)c1. The second-order valence-electron chi connectivity index (χ2n) is 4.77. The van der Waals surface area contributed by atoms with Gasteiger partial charge in [-0.3, -0.25) is 4.79 Å². The second-order valence-corrected chi connectivity index (χ2v) is 5.13. The van der Waals surface area contributed by atoms with E-state index in [1.54, 1.807) is 0 Å². The Hall–Kier alpha value is -2.79. The molecule has 0 aliphatic heterocycles. The Morgan fingerprint density at radius 1 is 1.17 bits per heavy atom. The molecule has 1 heterocycles. The zero-order chi connectivity index (χ0) is 16.2. The standard InChI is InChI=1S/C17H11ClFN3O/c18-16-13(8-11-4-1-2-7-15(11)21-16)10-20-22-17(23)12-5-3-6-14(19)9-12/h1-10H,(H,22,23)/b20-10+. The van der Waals surface area contributed by atoms with Crippen molar-refractivity contribution in [3.05, 3.63) is 76.7 Å². The van der Waals surface area contributed by atoms with Gasteiger partial charge in [0.05, 0.1) is 11.7 Å². The molecule has 3 rings (SSSR count). The Morgan fingerprint density at radius 3 is 2.83 bits per heavy atom. The van der Waals surface area contributed by atoms with E-state index in [-0.39, 0.29) is 10.7 Å². The molecule has 0 spiro atoms. The van der Waals surface area contributed by atoms with Crippen LogP contribution in [0.15, 0.2) is 59.7 Å². The molecule has 4 nitrogen and oxygen atoms in total. The molecule has 0 bridgehead atoms. The number of hydrogen-bond donors (Lipinski definition) is 1. The summed E-state index contributed by atoms with van der Waals surface area (Å²) in [4.78, 5) is 16.1. The lowest BCUT2D eigenvalue weighted by atomic mass is 10.2. The first-order valence-electron chi connectivity index (χ1n) is 6.78. The number of hydrazone groups is 1. The van der Waals surface area contributed by atoms with E-state index >= 15 is 0 Å². The van der Waals surface area contributed by atoms with Crippen LogP contribution >= 0.6 is 11.6 Å². The predicted octanol–water partition coefficient (Wildman–Crippen LogP) is 3.79. The third kappa shape index (κ3) is 3.52. The Morgan fingerprint density at radius 2 is 2.00 bits per heavy atom. The number of amides is 1. The molecule has 6 heteroatoms. The fraction of sp³-hybridized carbons (Fsp3) is 0. The van der Waals surface area contributed by atoms with Gasteiger partial charge in [0.2, 0.25) is 0 Å². The Balaban J connectivity index is 1.78. The van der Waals surface area contributed by atoms with Crippen LogP contribution < -0.4 is 5.43 Å². The van der Waals surface area contributed by atoms with E-state index in [4.69, 9.17) is 11.6 Å². The molecule has 0 radical (unpaired) electrons. The molecule has 0 aliphatic carbocycles. The largest absolute Gasteiger partial charge is 0.271 e. The van der Waals surface area contributed by atoms with Crippen LogP contribution in [-0.2, 0) is 0 Å². The van der Waals surface area contributed by atoms with E-state index in [1.165, 1.54) is 24.4 Å². The van der Waals surface area contributed by atoms with Gasteiger partial charge < -0.3 is 0 Å². The van der Waals surface area contributed by atoms with Gasteiger partial charge in [0.25, 0.3) is 5.91 Å². The summed E-state index contributed by atoms with van der Waals surface area (Å²) < 4.78 is 13.1. The van der Waals surface area contributed by atoms with Crippen molar-refractivity contribution in [3.63, 3.8) is 0 Å². The van der Waals surface area contributed by atoms with Crippen molar-refractivity contribution >= 4 is 34.6 Å². The highest BCUT2D eigenvalue weighted by Gasteiger charge is 2.06. The molecule has 0 unspecified atom stereocenters. The summed E-state index contributed by atoms with van der Waals surface area (Å²) in [6.07, 6.45) is 1.40. The van der Waals surface area contributed by atoms with Gasteiger partial charge in [0.15, 0.2) is 0 Å². The first-order chi connectivity index (χ1) is 11.1. The van der Waals surface area contributed by atoms with Crippen LogP contribution in [0.1, 0.15) is 15.9 Å². The zero-order valence-corrected chi connectivity index (χ0v) is 12.6. The number of nitrogens with one attached hydrogen (secondary N) is 1. The van der Waals surface area contributed by atoms with Gasteiger partial charge >= 0.3 is 0 Å². The predicted molar refractivity (Wildman–Crippen MR) is 88.2 cm³/mol. The fourth-order valence-electron chi connectivity index (χ4n) is 2.05. The fourth-order valence-corrected chi connectivity index (χ4v) is 2.25. The molecule has 1 N–H and O–H groups in total. The number of halogens is 2. The van der Waals surface area contributed by atoms with Crippen LogP contribution in [0.25, 0.3) is 10.9 Å². The number of carbonyl (C=O) groups excluding carboxylic acids is 1. The Kier molecular flexibility index (Phi) is 4.30. The molecule has 1 aromatic heterocycles. The molecule has 23 heavy (non-hydrogen) atoms. The molecular weight excluding hydrogens is 317 g/mol. The summed E-state index contributed by atoms with van der Waals surface area (Å²) in [5, 5.41) is 5.04. The quantitative estimate of drug-likeness (QED) is 0.452. The minimum Gasteiger partial charge on any atom is -0.267 e. The molecule has 0 fully saturated rings. The minimum atomic E-state index is -0.509. The summed E-state index contributed by atoms with van der Waals surface area (Å²) >= 11 is 6.09. The van der Waals surface area contributed by atoms with Gasteiger partial charge in [-0.05, 0) is 30.3 Å². The molecule has 3 aromatic rings. The molecule has 0 atom stereocenters. The molecule has 0 saturated carbocycles. The number of benzene rings is 2. The first kappa shape index (κ1) is 15.1. The third-order valence-electron chi connectivity index (χ3n) is 3.16. The molecular formula is C17H11ClFN3O. The van der Waals surface area contributed by atoms with Crippen LogP contribution in [-0.4, -0.2) is 17.1 Å². The van der Waals surface area contributed by atoms with E-state index in [2.05, 4.69) is 15.5 Å². The minimum absolute atomic E-state index is 0.185. The number of aromatic nitrogens is 1. The number of fused-ring (bicyclic) bond motifs is 1. The summed E-state index contributed by atoms with van der Waals surface area (Å²) in [6.45, 7) is 0. The lowest BCUT2D eigenvalue weighted by Gasteiger charge is -2.02. The van der Waals surface area contributed by atoms with Gasteiger partial charge in [0.1, 0.15) is 11.0 Å². The highest BCUT2D eigenvalue weighted by molar-refractivity contribution is 6.32. The van der Waals surface area contributed by atoms with Gasteiger partial charge in [-0.1, -0.05) is 35.9 Å². The number of carbonyl (C=O) groups is 1. The molecule has 0 saturated heterocycles. The van der Waals surface area contributed by atoms with Gasteiger partial charge in [0, 0.05) is 16.5 Å². The van der Waals surface area contributed by atoms with Crippen LogP contribution in [0.2, 0.25) is 5.15 Å². The molecule has 0 aliphatic rings. The van der Waals surface area contributed by atoms with Crippen LogP contribution in [0, 0.1) is 5.82 Å². The lowest BCUT2D eigenvalue weighted by Crippen LogP contribution is -2.17. The van der Waals surface area contributed by atoms with Crippen molar-refractivity contribution < 1.29 is 9.18 Å². The number of rotatable bonds is 3. The highest BCUT2D eigenvalue weighted by Crippen LogP contribution is 2.18. The maximum Gasteiger partial charge on any atom is 0.271 e. The number of para-hydroxylation sites is 1. The normalized spacial score (nSPS) is 11.0. The summed E-state index contributed by atoms with van der Waals surface area (Å²) in [7, 11) is 0. The summed E-state index contributed by atoms with van der Waals surface area (Å²) in [6, 6.07) is 14.7. The van der Waals surface area contributed by atoms with E-state index in [0.29, 0.717) is 5.56 Å². The maximum absolute atomic E-state index is 13.1. The smallest absolute Gasteiger partial charge is 0.267 e. The van der Waals surface area contributed by atoms with Crippen molar-refractivity contribution in [1.82, 2.24) is 10.4 Å². The van der Waals surface area contributed by atoms with Gasteiger partial charge in [-0.25, -0.2) is 14.8 Å². The third-order valence-corrected chi connectivity index (χ3v) is 3.46. The summed E-state index contributed by atoms with van der Waals surface area (Å²) in [5.41, 5.74) is 3.86. The van der Waals surface area contributed by atoms with Gasteiger partial charge in [-0.2, -0.15) is 5.10 Å². The monoisotopic (exact) mass is 327 g/mol. The Labute approximate surface area is 136 Å². The topological polar surface area (TPSA) is 54.4 Å². The number of pyridine rings is 1. The zero-order valence-electron chi connectivity index (χ0n) is 11.8.